The maximum absolute atomic E-state index is 11.6. The summed E-state index contributed by atoms with van der Waals surface area (Å²) in [6.07, 6.45) is 23.5. The van der Waals surface area contributed by atoms with E-state index in [4.69, 9.17) is 10.2 Å². The molecule has 0 amide bonds. The molecule has 9 heteroatoms. The Morgan fingerprint density at radius 1 is 0.756 bits per heavy atom. The Balaban J connectivity index is 0. The van der Waals surface area contributed by atoms with Gasteiger partial charge in [-0.1, -0.05) is 101 Å². The smallest absolute Gasteiger partial charge is 0.372 e. The Bertz CT molecular complexity index is 656. The van der Waals surface area contributed by atoms with Crippen LogP contribution >= 0.6 is 8.03 Å². The van der Waals surface area contributed by atoms with Crippen LogP contribution in [-0.4, -0.2) is 75.6 Å². The maximum atomic E-state index is 11.6. The van der Waals surface area contributed by atoms with E-state index in [1.54, 1.807) is 21.0 Å². The van der Waals surface area contributed by atoms with Crippen LogP contribution < -0.4 is 4.89 Å². The van der Waals surface area contributed by atoms with Crippen molar-refractivity contribution in [3.63, 3.8) is 0 Å². The van der Waals surface area contributed by atoms with Gasteiger partial charge in [0, 0.05) is 19.8 Å². The summed E-state index contributed by atoms with van der Waals surface area (Å²) in [5.74, 6) is -0.732. The van der Waals surface area contributed by atoms with Gasteiger partial charge in [-0.15, -0.1) is 0 Å². The van der Waals surface area contributed by atoms with Crippen molar-refractivity contribution < 1.29 is 39.2 Å². The highest BCUT2D eigenvalue weighted by Crippen LogP contribution is 2.25. The minimum absolute atomic E-state index is 0.181. The minimum atomic E-state index is -2.47. The first-order valence-electron chi connectivity index (χ1n) is 16.2. The van der Waals surface area contributed by atoms with Gasteiger partial charge in [0.15, 0.2) is 12.1 Å². The second-order valence-corrected chi connectivity index (χ2v) is 13.4. The normalized spacial score (nSPS) is 14.6. The highest BCUT2D eigenvalue weighted by Gasteiger charge is 2.33. The molecule has 4 atom stereocenters. The first-order chi connectivity index (χ1) is 19.4. The number of unbranched alkanes of at least 4 members (excludes halogenated alkanes) is 15. The predicted octanol–water partition coefficient (Wildman–Crippen LogP) is 6.11. The summed E-state index contributed by atoms with van der Waals surface area (Å²) in [5.41, 5.74) is 0. The van der Waals surface area contributed by atoms with Crippen LogP contribution in [0.1, 0.15) is 143 Å². The standard InChI is InChI=1S/C25H48O3.C7H17NO4P/c1-3-4-5-6-7-8-9-10-11-12-13-14-15-16-17-18-19-20-21-22-24(27)25(28)23(2)26;1-6(13(11)12)8(2,3)5-4-7(9)10/h10-11,23,25-26,28H,3-9,12-22H2,1-2H3;6-7,9-10H,4-5H2,1-3H3/q;+1. The van der Waals surface area contributed by atoms with Crippen LogP contribution in [-0.2, 0) is 9.36 Å². The number of nitrogens with zero attached hydrogens (tertiary/aromatic N) is 1. The zero-order valence-electron chi connectivity index (χ0n) is 27.0. The molecule has 0 aliphatic rings. The van der Waals surface area contributed by atoms with Crippen molar-refractivity contribution in [1.82, 2.24) is 0 Å². The molecule has 0 aromatic heterocycles. The maximum Gasteiger partial charge on any atom is 0.372 e. The minimum Gasteiger partial charge on any atom is -0.591 e. The van der Waals surface area contributed by atoms with Crippen molar-refractivity contribution in [2.45, 2.75) is 167 Å². The van der Waals surface area contributed by atoms with Crippen molar-refractivity contribution in [2.24, 2.45) is 0 Å². The Labute approximate surface area is 252 Å². The number of aliphatic hydroxyl groups is 4. The molecule has 0 saturated carbocycles. The Morgan fingerprint density at radius 3 is 1.56 bits per heavy atom. The average Bonchev–Trinajstić information content (AvgIpc) is 2.92. The van der Waals surface area contributed by atoms with Crippen LogP contribution in [0.4, 0.5) is 0 Å². The topological polar surface area (TPSA) is 138 Å². The molecule has 41 heavy (non-hydrogen) atoms. The van der Waals surface area contributed by atoms with Gasteiger partial charge in [-0.05, 0) is 39.0 Å². The first kappa shape index (κ1) is 42.4. The second kappa shape index (κ2) is 28.1. The molecule has 0 rings (SSSR count). The van der Waals surface area contributed by atoms with E-state index >= 15 is 0 Å². The van der Waals surface area contributed by atoms with Crippen LogP contribution in [0, 0.1) is 0 Å². The number of carbonyl (C=O) groups excluding carboxylic acids is 1. The molecule has 4 unspecified atom stereocenters. The van der Waals surface area contributed by atoms with Crippen LogP contribution in [0.5, 0.6) is 0 Å². The SMILES string of the molecule is CC([P+](=O)[O-])[N+](C)(C)CCC(O)O.CCCCCCCCC=CCCCCCCCCCCCC(=O)C(O)C(C)O. The van der Waals surface area contributed by atoms with E-state index in [0.717, 1.165) is 12.8 Å². The lowest BCUT2D eigenvalue weighted by Gasteiger charge is -2.30. The first-order valence-corrected chi connectivity index (χ1v) is 17.5. The Hall–Kier alpha value is -0.730. The summed E-state index contributed by atoms with van der Waals surface area (Å²) in [7, 11) is 1.02. The molecule has 4 N–H and O–H groups in total. The van der Waals surface area contributed by atoms with Crippen molar-refractivity contribution >= 4 is 13.8 Å². The van der Waals surface area contributed by atoms with Gasteiger partial charge in [-0.25, -0.2) is 0 Å². The van der Waals surface area contributed by atoms with E-state index in [-0.39, 0.29) is 16.7 Å². The fraction of sp³-hybridized carbons (Fsp3) is 0.906. The van der Waals surface area contributed by atoms with Crippen LogP contribution in [0.2, 0.25) is 0 Å². The third-order valence-electron chi connectivity index (χ3n) is 7.75. The van der Waals surface area contributed by atoms with Gasteiger partial charge in [0.2, 0.25) is 0 Å². The molecule has 0 aromatic rings. The number of hydrogen-bond acceptors (Lipinski definition) is 7. The van der Waals surface area contributed by atoms with Gasteiger partial charge in [0.05, 0.1) is 26.7 Å². The molecule has 244 valence electrons. The molecule has 0 saturated heterocycles. The van der Waals surface area contributed by atoms with E-state index in [9.17, 15) is 24.5 Å². The molecular formula is C32H65NO7P+. The lowest BCUT2D eigenvalue weighted by Crippen LogP contribution is -2.48. The highest BCUT2D eigenvalue weighted by molar-refractivity contribution is 7.37. The number of carbonyl (C=O) groups is 1. The van der Waals surface area contributed by atoms with E-state index in [2.05, 4.69) is 19.1 Å². The fourth-order valence-electron chi connectivity index (χ4n) is 4.38. The van der Waals surface area contributed by atoms with Gasteiger partial charge in [0.25, 0.3) is 5.78 Å². The molecule has 0 aliphatic heterocycles. The summed E-state index contributed by atoms with van der Waals surface area (Å²) in [5, 5.41) is 35.9. The van der Waals surface area contributed by atoms with E-state index < -0.39 is 32.3 Å². The van der Waals surface area contributed by atoms with Crippen LogP contribution in [0.25, 0.3) is 0 Å². The molecular weight excluding hydrogens is 541 g/mol. The molecule has 0 bridgehead atoms. The predicted molar refractivity (Wildman–Crippen MR) is 168 cm³/mol. The molecule has 0 aromatic carbocycles. The third kappa shape index (κ3) is 27.8. The molecule has 0 spiro atoms. The summed E-state index contributed by atoms with van der Waals surface area (Å²) >= 11 is 0. The fourth-order valence-corrected chi connectivity index (χ4v) is 5.01. The number of aliphatic hydroxyl groups excluding tert-OH is 3. The van der Waals surface area contributed by atoms with Crippen molar-refractivity contribution in [3.05, 3.63) is 12.2 Å². The average molecular weight is 607 g/mol. The summed E-state index contributed by atoms with van der Waals surface area (Å²) in [4.78, 5) is 22.2. The quantitative estimate of drug-likeness (QED) is 0.0307. The second-order valence-electron chi connectivity index (χ2n) is 12.1. The van der Waals surface area contributed by atoms with Gasteiger partial charge < -0.3 is 25.3 Å². The highest BCUT2D eigenvalue weighted by atomic mass is 31.1. The largest absolute Gasteiger partial charge is 0.591 e. The number of rotatable bonds is 26. The van der Waals surface area contributed by atoms with Crippen molar-refractivity contribution in [1.29, 1.82) is 0 Å². The van der Waals surface area contributed by atoms with E-state index in [1.807, 2.05) is 0 Å². The van der Waals surface area contributed by atoms with Crippen LogP contribution in [0.3, 0.4) is 0 Å². The number of ketones is 1. The molecule has 0 aliphatic carbocycles. The number of hydrogen-bond donors (Lipinski definition) is 4. The van der Waals surface area contributed by atoms with Gasteiger partial charge in [-0.2, -0.15) is 0 Å². The van der Waals surface area contributed by atoms with Gasteiger partial charge in [0.1, 0.15) is 6.10 Å². The van der Waals surface area contributed by atoms with E-state index in [1.165, 1.54) is 103 Å². The zero-order chi connectivity index (χ0) is 31.5. The molecule has 8 nitrogen and oxygen atoms in total. The van der Waals surface area contributed by atoms with Crippen LogP contribution in [0.15, 0.2) is 12.2 Å². The summed E-state index contributed by atoms with van der Waals surface area (Å²) in [6.45, 7) is 5.75. The monoisotopic (exact) mass is 606 g/mol. The van der Waals surface area contributed by atoms with Crippen molar-refractivity contribution in [2.75, 3.05) is 20.6 Å². The number of Topliss-reactive ketones (excluding diaryl/α,β-unsaturated/α-hetero) is 1. The summed E-state index contributed by atoms with van der Waals surface area (Å²) in [6, 6.07) is 0. The van der Waals surface area contributed by atoms with E-state index in [0.29, 0.717) is 13.0 Å². The lowest BCUT2D eigenvalue weighted by molar-refractivity contribution is -0.901. The third-order valence-corrected chi connectivity index (χ3v) is 8.99. The molecule has 0 radical (unpaired) electrons. The Morgan fingerprint density at radius 2 is 1.17 bits per heavy atom. The van der Waals surface area contributed by atoms with Crippen molar-refractivity contribution in [3.8, 4) is 0 Å². The zero-order valence-corrected chi connectivity index (χ0v) is 27.9. The Kier molecular flexibility index (Phi) is 29.0. The lowest BCUT2D eigenvalue weighted by atomic mass is 10.0. The van der Waals surface area contributed by atoms with Gasteiger partial charge in [-0.3, -0.25) is 9.28 Å². The summed E-state index contributed by atoms with van der Waals surface area (Å²) < 4.78 is 10.9. The number of allylic oxidation sites excluding steroid dienone is 2. The molecule has 0 heterocycles. The molecule has 0 fully saturated rings. The number of quaternary nitrogens is 1. The van der Waals surface area contributed by atoms with Gasteiger partial charge >= 0.3 is 8.03 Å².